The minimum Gasteiger partial charge on any atom is -0.444 e. The second-order valence-electron chi connectivity index (χ2n) is 11.7. The van der Waals surface area contributed by atoms with Crippen LogP contribution < -0.4 is 4.90 Å². The smallest absolute Gasteiger partial charge is 0.424 e. The second kappa shape index (κ2) is 13.9. The van der Waals surface area contributed by atoms with Gasteiger partial charge in [-0.05, 0) is 62.7 Å². The summed E-state index contributed by atoms with van der Waals surface area (Å²) in [6, 6.07) is 31.3. The van der Waals surface area contributed by atoms with Crippen LogP contribution in [0, 0.1) is 25.2 Å². The minimum atomic E-state index is -1.22. The SMILES string of the molecule is CC1=C(C#N)C(=O)N(C(=O)OCc2ccccc2)C(=O)/C1=N\c1ncc(-c2ccc(N(c3ccc(C)cc3)c3ccc(C)cc3)s2)c2nsnc12. The lowest BCUT2D eigenvalue weighted by molar-refractivity contribution is -0.136. The maximum absolute atomic E-state index is 13.6. The molecule has 11 nitrogen and oxygen atoms in total. The van der Waals surface area contributed by atoms with Crippen molar-refractivity contribution < 1.29 is 19.1 Å². The molecule has 0 N–H and O–H groups in total. The van der Waals surface area contributed by atoms with E-state index in [4.69, 9.17) is 4.74 Å². The maximum Gasteiger partial charge on any atom is 0.424 e. The maximum atomic E-state index is 13.6. The second-order valence-corrected chi connectivity index (χ2v) is 13.3. The molecule has 1 aliphatic rings. The summed E-state index contributed by atoms with van der Waals surface area (Å²) in [5.74, 6) is -2.07. The summed E-state index contributed by atoms with van der Waals surface area (Å²) in [4.78, 5) is 52.1. The first kappa shape index (κ1) is 33.2. The van der Waals surface area contributed by atoms with Gasteiger partial charge in [0.15, 0.2) is 5.82 Å². The van der Waals surface area contributed by atoms with Gasteiger partial charge in [0.25, 0.3) is 11.8 Å². The Kier molecular flexibility index (Phi) is 9.01. The Labute approximate surface area is 300 Å². The van der Waals surface area contributed by atoms with Gasteiger partial charge in [-0.15, -0.1) is 11.3 Å². The molecule has 0 bridgehead atoms. The summed E-state index contributed by atoms with van der Waals surface area (Å²) in [5.41, 5.74) is 5.85. The molecule has 0 fully saturated rings. The summed E-state index contributed by atoms with van der Waals surface area (Å²) in [7, 11) is 0. The van der Waals surface area contributed by atoms with E-state index in [-0.39, 0.29) is 23.7 Å². The Morgan fingerprint density at radius 1 is 0.863 bits per heavy atom. The van der Waals surface area contributed by atoms with E-state index in [1.807, 2.05) is 12.1 Å². The Morgan fingerprint density at radius 3 is 2.16 bits per heavy atom. The van der Waals surface area contributed by atoms with E-state index in [9.17, 15) is 19.6 Å². The number of hydrogen-bond acceptors (Lipinski definition) is 12. The molecule has 3 aromatic carbocycles. The third-order valence-electron chi connectivity index (χ3n) is 8.20. The summed E-state index contributed by atoms with van der Waals surface area (Å²) >= 11 is 2.52. The molecule has 0 saturated heterocycles. The van der Waals surface area contributed by atoms with Crippen molar-refractivity contribution in [3.05, 3.63) is 125 Å². The number of fused-ring (bicyclic) bond motifs is 1. The lowest BCUT2D eigenvalue weighted by Crippen LogP contribution is -2.50. The summed E-state index contributed by atoms with van der Waals surface area (Å²) < 4.78 is 14.2. The molecule has 0 spiro atoms. The largest absolute Gasteiger partial charge is 0.444 e. The van der Waals surface area contributed by atoms with Gasteiger partial charge in [0.2, 0.25) is 0 Å². The van der Waals surface area contributed by atoms with Crippen LogP contribution in [0.15, 0.2) is 113 Å². The highest BCUT2D eigenvalue weighted by atomic mass is 32.1. The van der Waals surface area contributed by atoms with Crippen LogP contribution in [0.4, 0.5) is 27.0 Å². The molecule has 13 heteroatoms. The van der Waals surface area contributed by atoms with Crippen LogP contribution in [0.3, 0.4) is 0 Å². The lowest BCUT2D eigenvalue weighted by atomic mass is 9.99. The van der Waals surface area contributed by atoms with Crippen LogP contribution in [0.5, 0.6) is 0 Å². The van der Waals surface area contributed by atoms with Gasteiger partial charge in [-0.3, -0.25) is 9.59 Å². The fourth-order valence-corrected chi connectivity index (χ4v) is 7.09. The molecule has 0 unspecified atom stereocenters. The number of pyridine rings is 1. The number of anilines is 3. The first-order valence-electron chi connectivity index (χ1n) is 15.7. The average molecular weight is 710 g/mol. The highest BCUT2D eigenvalue weighted by Gasteiger charge is 2.42. The molecule has 3 amide bonds. The highest BCUT2D eigenvalue weighted by molar-refractivity contribution is 7.19. The number of aromatic nitrogens is 3. The van der Waals surface area contributed by atoms with Crippen molar-refractivity contribution in [2.24, 2.45) is 4.99 Å². The van der Waals surface area contributed by atoms with Crippen molar-refractivity contribution >= 4 is 79.9 Å². The van der Waals surface area contributed by atoms with Gasteiger partial charge in [0.1, 0.15) is 40.0 Å². The number of nitriles is 1. The molecule has 0 atom stereocenters. The monoisotopic (exact) mass is 709 g/mol. The number of rotatable bonds is 7. The molecule has 0 saturated carbocycles. The number of nitrogens with zero attached hydrogens (tertiary/aromatic N) is 7. The van der Waals surface area contributed by atoms with Gasteiger partial charge >= 0.3 is 6.09 Å². The Balaban J connectivity index is 1.24. The fraction of sp³-hybridized carbons (Fsp3) is 0.105. The summed E-state index contributed by atoms with van der Waals surface area (Å²) in [5, 5.41) is 10.8. The van der Waals surface area contributed by atoms with E-state index in [0.717, 1.165) is 44.1 Å². The molecule has 7 rings (SSSR count). The van der Waals surface area contributed by atoms with Crippen molar-refractivity contribution in [2.45, 2.75) is 27.4 Å². The first-order valence-corrected chi connectivity index (χ1v) is 17.2. The van der Waals surface area contributed by atoms with E-state index in [1.54, 1.807) is 53.9 Å². The van der Waals surface area contributed by atoms with Gasteiger partial charge < -0.3 is 9.64 Å². The molecule has 1 aliphatic heterocycles. The van der Waals surface area contributed by atoms with E-state index in [2.05, 4.69) is 86.0 Å². The number of aryl methyl sites for hydroxylation is 2. The van der Waals surface area contributed by atoms with Crippen molar-refractivity contribution in [3.8, 4) is 16.5 Å². The zero-order chi connectivity index (χ0) is 35.6. The van der Waals surface area contributed by atoms with Crippen LogP contribution >= 0.6 is 23.1 Å². The van der Waals surface area contributed by atoms with Crippen LogP contribution in [0.2, 0.25) is 0 Å². The van der Waals surface area contributed by atoms with Crippen molar-refractivity contribution in [1.29, 1.82) is 5.26 Å². The minimum absolute atomic E-state index is 0.0111. The number of benzene rings is 3. The topological polar surface area (TPSA) is 142 Å². The lowest BCUT2D eigenvalue weighted by Gasteiger charge is -2.24. The van der Waals surface area contributed by atoms with E-state index in [1.165, 1.54) is 6.92 Å². The van der Waals surface area contributed by atoms with Gasteiger partial charge in [-0.1, -0.05) is 65.7 Å². The average Bonchev–Trinajstić information content (AvgIpc) is 3.83. The highest BCUT2D eigenvalue weighted by Crippen LogP contribution is 2.43. The molecule has 0 aliphatic carbocycles. The zero-order valence-electron chi connectivity index (χ0n) is 27.5. The van der Waals surface area contributed by atoms with E-state index >= 15 is 0 Å². The summed E-state index contributed by atoms with van der Waals surface area (Å²) in [6.45, 7) is 5.35. The number of thiophene rings is 1. The molecule has 250 valence electrons. The van der Waals surface area contributed by atoms with Crippen molar-refractivity contribution in [1.82, 2.24) is 18.6 Å². The van der Waals surface area contributed by atoms with Crippen LogP contribution in [-0.4, -0.2) is 42.3 Å². The van der Waals surface area contributed by atoms with Gasteiger partial charge in [-0.2, -0.15) is 18.9 Å². The Bertz CT molecular complexity index is 2380. The number of carbonyl (C=O) groups excluding carboxylic acids is 3. The molecule has 6 aromatic rings. The Morgan fingerprint density at radius 2 is 1.51 bits per heavy atom. The molecular formula is C38H27N7O4S2. The van der Waals surface area contributed by atoms with Crippen LogP contribution in [0.1, 0.15) is 23.6 Å². The quantitative estimate of drug-likeness (QED) is 0.149. The van der Waals surface area contributed by atoms with Crippen LogP contribution in [0.25, 0.3) is 21.5 Å². The fourth-order valence-electron chi connectivity index (χ4n) is 5.47. The molecular weight excluding hydrogens is 683 g/mol. The molecule has 51 heavy (non-hydrogen) atoms. The number of hydrogen-bond donors (Lipinski definition) is 0. The number of ether oxygens (including phenoxy) is 1. The van der Waals surface area contributed by atoms with E-state index < -0.39 is 23.5 Å². The number of imide groups is 3. The zero-order valence-corrected chi connectivity index (χ0v) is 29.2. The van der Waals surface area contributed by atoms with E-state index in [0.29, 0.717) is 27.1 Å². The predicted octanol–water partition coefficient (Wildman–Crippen LogP) is 8.52. The molecule has 0 radical (unpaired) electrons. The number of amides is 3. The van der Waals surface area contributed by atoms with Crippen LogP contribution in [-0.2, 0) is 20.9 Å². The first-order chi connectivity index (χ1) is 24.7. The predicted molar refractivity (Wildman–Crippen MR) is 197 cm³/mol. The van der Waals surface area contributed by atoms with Crippen molar-refractivity contribution in [2.75, 3.05) is 4.90 Å². The Hall–Kier alpha value is -6.36. The van der Waals surface area contributed by atoms with Gasteiger partial charge in [0.05, 0.1) is 11.7 Å². The van der Waals surface area contributed by atoms with Gasteiger partial charge in [-0.25, -0.2) is 14.8 Å². The number of carbonyl (C=O) groups is 3. The normalized spacial score (nSPS) is 13.9. The standard InChI is InChI=1S/C38H27N7O4S2/c1-22-9-13-26(14-10-22)44(27-15-11-23(2)12-16-27)31-18-17-30(50-31)29-20-40-35(34-33(29)42-51-43-34)41-32-24(3)28(19-39)36(46)45(37(32)47)38(48)49-21-25-7-5-4-6-8-25/h4-18,20H,21H2,1-3H3/b41-32-. The van der Waals surface area contributed by atoms with Crippen molar-refractivity contribution in [3.63, 3.8) is 0 Å². The molecule has 4 heterocycles. The third kappa shape index (κ3) is 6.41. The molecule has 3 aromatic heterocycles. The summed E-state index contributed by atoms with van der Waals surface area (Å²) in [6.07, 6.45) is 0.388. The van der Waals surface area contributed by atoms with Gasteiger partial charge in [0, 0.05) is 33.6 Å². The number of aliphatic imine (C=N–C) groups is 1. The third-order valence-corrected chi connectivity index (χ3v) is 9.84.